The van der Waals surface area contributed by atoms with Crippen LogP contribution in [-0.2, 0) is 9.53 Å². The van der Waals surface area contributed by atoms with Crippen LogP contribution in [0.2, 0.25) is 0 Å². The molecule has 21 heavy (non-hydrogen) atoms. The summed E-state index contributed by atoms with van der Waals surface area (Å²) in [5.74, 6) is -3.68. The Morgan fingerprint density at radius 3 is 2.33 bits per heavy atom. The quantitative estimate of drug-likeness (QED) is 0.686. The van der Waals surface area contributed by atoms with Gasteiger partial charge in [0.15, 0.2) is 11.6 Å². The van der Waals surface area contributed by atoms with Crippen LogP contribution in [0.15, 0.2) is 12.1 Å². The molecule has 0 heterocycles. The van der Waals surface area contributed by atoms with Gasteiger partial charge in [-0.05, 0) is 26.8 Å². The molecule has 1 N–H and O–H groups in total. The minimum Gasteiger partial charge on any atom is -0.444 e. The zero-order chi connectivity index (χ0) is 16.2. The van der Waals surface area contributed by atoms with E-state index >= 15 is 0 Å². The molecule has 0 aliphatic heterocycles. The molecule has 1 rings (SSSR count). The molecule has 0 radical (unpaired) electrons. The number of hydrogen-bond acceptors (Lipinski definition) is 3. The Hall–Kier alpha value is -2.05. The lowest BCUT2D eigenvalue weighted by atomic mass is 10.0. The molecule has 0 spiro atoms. The van der Waals surface area contributed by atoms with Crippen molar-refractivity contribution in [2.75, 3.05) is 0 Å². The van der Waals surface area contributed by atoms with E-state index in [1.54, 1.807) is 20.8 Å². The van der Waals surface area contributed by atoms with Crippen LogP contribution in [0.4, 0.5) is 18.0 Å². The van der Waals surface area contributed by atoms with Crippen LogP contribution >= 0.6 is 0 Å². The molecule has 1 amide bonds. The summed E-state index contributed by atoms with van der Waals surface area (Å²) in [5.41, 5.74) is -1.12. The van der Waals surface area contributed by atoms with Crippen LogP contribution < -0.4 is 5.32 Å². The van der Waals surface area contributed by atoms with Crippen molar-refractivity contribution in [3.63, 3.8) is 0 Å². The highest BCUT2D eigenvalue weighted by Gasteiger charge is 2.23. The van der Waals surface area contributed by atoms with Gasteiger partial charge in [-0.3, -0.25) is 0 Å². The fourth-order valence-electron chi connectivity index (χ4n) is 1.61. The normalized spacial score (nSPS) is 12.7. The Balaban J connectivity index is 2.99. The zero-order valence-electron chi connectivity index (χ0n) is 11.9. The van der Waals surface area contributed by atoms with E-state index in [0.29, 0.717) is 18.4 Å². The maximum absolute atomic E-state index is 13.7. The predicted molar refractivity (Wildman–Crippen MR) is 69.1 cm³/mol. The highest BCUT2D eigenvalue weighted by Crippen LogP contribution is 2.23. The van der Waals surface area contributed by atoms with Crippen molar-refractivity contribution in [1.82, 2.24) is 5.32 Å². The lowest BCUT2D eigenvalue weighted by Gasteiger charge is -2.23. The highest BCUT2D eigenvalue weighted by molar-refractivity contribution is 5.69. The van der Waals surface area contributed by atoms with Crippen LogP contribution in [0.25, 0.3) is 0 Å². The maximum atomic E-state index is 13.7. The van der Waals surface area contributed by atoms with Crippen LogP contribution in [0.3, 0.4) is 0 Å². The highest BCUT2D eigenvalue weighted by atomic mass is 19.2. The van der Waals surface area contributed by atoms with Gasteiger partial charge < -0.3 is 14.8 Å². The van der Waals surface area contributed by atoms with Crippen LogP contribution in [0.5, 0.6) is 0 Å². The van der Waals surface area contributed by atoms with E-state index in [1.807, 2.05) is 0 Å². The number of ether oxygens (including phenoxy) is 1. The van der Waals surface area contributed by atoms with Crippen molar-refractivity contribution in [2.24, 2.45) is 0 Å². The van der Waals surface area contributed by atoms with Gasteiger partial charge in [0.05, 0.1) is 6.04 Å². The summed E-state index contributed by atoms with van der Waals surface area (Å²) < 4.78 is 44.7. The molecule has 0 unspecified atom stereocenters. The average molecular weight is 303 g/mol. The second kappa shape index (κ2) is 6.60. The van der Waals surface area contributed by atoms with E-state index in [1.165, 1.54) is 0 Å². The Labute approximate surface area is 120 Å². The minimum absolute atomic E-state index is 0.304. The number of alkyl carbamates (subject to hydrolysis) is 1. The van der Waals surface area contributed by atoms with Crippen molar-refractivity contribution >= 4 is 12.4 Å². The third kappa shape index (κ3) is 5.09. The van der Waals surface area contributed by atoms with Crippen molar-refractivity contribution in [2.45, 2.75) is 38.8 Å². The van der Waals surface area contributed by atoms with Gasteiger partial charge in [0.25, 0.3) is 0 Å². The number of hydrogen-bond donors (Lipinski definition) is 1. The number of rotatable bonds is 4. The Morgan fingerprint density at radius 1 is 1.24 bits per heavy atom. The first kappa shape index (κ1) is 17.0. The van der Waals surface area contributed by atoms with Gasteiger partial charge in [0, 0.05) is 18.1 Å². The van der Waals surface area contributed by atoms with E-state index in [2.05, 4.69) is 5.32 Å². The maximum Gasteiger partial charge on any atom is 0.408 e. The molecule has 1 aromatic carbocycles. The number of halogens is 3. The molecule has 4 nitrogen and oxygen atoms in total. The van der Waals surface area contributed by atoms with Gasteiger partial charge in [0.1, 0.15) is 17.7 Å². The molecule has 0 aromatic heterocycles. The molecule has 0 aliphatic carbocycles. The smallest absolute Gasteiger partial charge is 0.408 e. The molecular formula is C14H16F3NO3. The first-order valence-corrected chi connectivity index (χ1v) is 6.21. The topological polar surface area (TPSA) is 55.4 Å². The Morgan fingerprint density at radius 2 is 1.81 bits per heavy atom. The second-order valence-corrected chi connectivity index (χ2v) is 5.39. The van der Waals surface area contributed by atoms with Gasteiger partial charge >= 0.3 is 6.09 Å². The summed E-state index contributed by atoms with van der Waals surface area (Å²) in [6.07, 6.45) is -0.761. The summed E-state index contributed by atoms with van der Waals surface area (Å²) in [6.45, 7) is 4.87. The molecule has 0 bridgehead atoms. The largest absolute Gasteiger partial charge is 0.444 e. The van der Waals surface area contributed by atoms with E-state index in [0.717, 1.165) is 0 Å². The Bertz CT molecular complexity index is 541. The minimum atomic E-state index is -1.35. The molecule has 1 atom stereocenters. The zero-order valence-corrected chi connectivity index (χ0v) is 11.9. The number of carbonyl (C=O) groups is 2. The van der Waals surface area contributed by atoms with Crippen molar-refractivity contribution in [3.05, 3.63) is 35.1 Å². The summed E-state index contributed by atoms with van der Waals surface area (Å²) >= 11 is 0. The van der Waals surface area contributed by atoms with Crippen molar-refractivity contribution < 1.29 is 27.5 Å². The van der Waals surface area contributed by atoms with E-state index in [9.17, 15) is 22.8 Å². The number of aldehydes is 1. The molecule has 0 saturated carbocycles. The van der Waals surface area contributed by atoms with Crippen LogP contribution in [-0.4, -0.2) is 18.0 Å². The molecule has 0 aliphatic rings. The predicted octanol–water partition coefficient (Wildman–Crippen LogP) is 3.26. The van der Waals surface area contributed by atoms with Crippen molar-refractivity contribution in [1.29, 1.82) is 0 Å². The van der Waals surface area contributed by atoms with Gasteiger partial charge in [-0.15, -0.1) is 0 Å². The molecule has 0 saturated heterocycles. The first-order valence-electron chi connectivity index (χ1n) is 6.21. The van der Waals surface area contributed by atoms with Crippen molar-refractivity contribution in [3.8, 4) is 0 Å². The number of nitrogens with one attached hydrogen (secondary N) is 1. The SMILES string of the molecule is CC(C)(C)OC(=O)N[C@@H](CC=O)c1cc(F)c(F)cc1F. The molecule has 0 fully saturated rings. The number of benzene rings is 1. The lowest BCUT2D eigenvalue weighted by molar-refractivity contribution is -0.108. The van der Waals surface area contributed by atoms with Gasteiger partial charge in [-0.2, -0.15) is 0 Å². The van der Waals surface area contributed by atoms with Gasteiger partial charge in [0.2, 0.25) is 0 Å². The fraction of sp³-hybridized carbons (Fsp3) is 0.429. The first-order chi connectivity index (χ1) is 9.64. The second-order valence-electron chi connectivity index (χ2n) is 5.39. The average Bonchev–Trinajstić information content (AvgIpc) is 2.31. The molecule has 1 aromatic rings. The van der Waals surface area contributed by atoms with Gasteiger partial charge in [-0.25, -0.2) is 18.0 Å². The number of amides is 1. The molecule has 7 heteroatoms. The summed E-state index contributed by atoms with van der Waals surface area (Å²) in [7, 11) is 0. The van der Waals surface area contributed by atoms with E-state index in [4.69, 9.17) is 4.74 Å². The van der Waals surface area contributed by atoms with E-state index in [-0.39, 0.29) is 12.0 Å². The summed E-state index contributed by atoms with van der Waals surface area (Å²) in [4.78, 5) is 22.3. The molecular weight excluding hydrogens is 287 g/mol. The molecule has 116 valence electrons. The summed E-state index contributed by atoms with van der Waals surface area (Å²) in [5, 5.41) is 2.26. The van der Waals surface area contributed by atoms with Crippen LogP contribution in [0.1, 0.15) is 38.8 Å². The summed E-state index contributed by atoms with van der Waals surface area (Å²) in [6, 6.07) is -0.178. The lowest BCUT2D eigenvalue weighted by Crippen LogP contribution is -2.35. The van der Waals surface area contributed by atoms with Gasteiger partial charge in [-0.1, -0.05) is 0 Å². The van der Waals surface area contributed by atoms with E-state index < -0.39 is 35.2 Å². The fourth-order valence-corrected chi connectivity index (χ4v) is 1.61. The number of carbonyl (C=O) groups excluding carboxylic acids is 2. The monoisotopic (exact) mass is 303 g/mol. The third-order valence-electron chi connectivity index (χ3n) is 2.44. The third-order valence-corrected chi connectivity index (χ3v) is 2.44. The Kier molecular flexibility index (Phi) is 5.34. The standard InChI is InChI=1S/C14H16F3NO3/c1-14(2,3)21-13(20)18-12(4-5-19)8-6-10(16)11(17)7-9(8)15/h5-7,12H,4H2,1-3H3,(H,18,20)/t12-/m0/s1. The van der Waals surface area contributed by atoms with Crippen LogP contribution in [0, 0.1) is 17.5 Å².